The maximum atomic E-state index is 4.30. The Morgan fingerprint density at radius 1 is 1.38 bits per heavy atom. The summed E-state index contributed by atoms with van der Waals surface area (Å²) in [6, 6.07) is 6.07. The molecule has 0 spiro atoms. The molecule has 1 unspecified atom stereocenters. The number of hydrogen-bond acceptors (Lipinski definition) is 2. The molecule has 16 heavy (non-hydrogen) atoms. The number of rotatable bonds is 2. The monoisotopic (exact) mass is 270 g/mol. The van der Waals surface area contributed by atoms with Crippen LogP contribution in [-0.2, 0) is 0 Å². The number of thiol groups is 2. The fourth-order valence-electron chi connectivity index (χ4n) is 1.27. The minimum atomic E-state index is 0.759. The molecular weight excluding hydrogens is 251 g/mol. The van der Waals surface area contributed by atoms with E-state index in [1.54, 1.807) is 0 Å². The molecule has 0 N–H and O–H groups in total. The first-order chi connectivity index (χ1) is 7.63. The van der Waals surface area contributed by atoms with E-state index < -0.39 is 0 Å². The predicted octanol–water partition coefficient (Wildman–Crippen LogP) is 2.88. The van der Waals surface area contributed by atoms with Crippen molar-refractivity contribution in [3.05, 3.63) is 40.1 Å². The molecule has 0 bridgehead atoms. The molecule has 0 fully saturated rings. The average Bonchev–Trinajstić information content (AvgIpc) is 2.24. The summed E-state index contributed by atoms with van der Waals surface area (Å²) in [5.41, 5.74) is 0. The summed E-state index contributed by atoms with van der Waals surface area (Å²) in [5.74, 6) is 0. The van der Waals surface area contributed by atoms with E-state index in [4.69, 9.17) is 0 Å². The molecule has 0 aliphatic rings. The van der Waals surface area contributed by atoms with Crippen molar-refractivity contribution in [3.8, 4) is 0 Å². The first-order valence-corrected chi connectivity index (χ1v) is 7.15. The first kappa shape index (κ1) is 15.8. The second-order valence-corrected chi connectivity index (χ2v) is 4.15. The predicted molar refractivity (Wildman–Crippen MR) is 85.9 cm³/mol. The highest BCUT2D eigenvalue weighted by Crippen LogP contribution is 1.99. The molecular formula is C13H19PS2. The van der Waals surface area contributed by atoms with Crippen LogP contribution in [-0.4, -0.2) is 6.66 Å². The van der Waals surface area contributed by atoms with Gasteiger partial charge < -0.3 is 0 Å². The molecule has 0 radical (unpaired) electrons. The zero-order chi connectivity index (χ0) is 12.6. The van der Waals surface area contributed by atoms with Gasteiger partial charge in [0.15, 0.2) is 0 Å². The molecule has 1 atom stereocenters. The lowest BCUT2D eigenvalue weighted by atomic mass is 10.2. The topological polar surface area (TPSA) is 0 Å². The van der Waals surface area contributed by atoms with Gasteiger partial charge in [0.1, 0.15) is 0 Å². The number of hydrogen-bond donors (Lipinski definition) is 2. The number of benzene rings is 1. The fourth-order valence-corrected chi connectivity index (χ4v) is 1.63. The molecule has 0 heterocycles. The van der Waals surface area contributed by atoms with Crippen molar-refractivity contribution in [1.82, 2.24) is 0 Å². The van der Waals surface area contributed by atoms with Crippen LogP contribution in [0, 0.1) is 0 Å². The van der Waals surface area contributed by atoms with Crippen molar-refractivity contribution in [2.45, 2.75) is 18.2 Å². The molecule has 0 saturated heterocycles. The third-order valence-electron chi connectivity index (χ3n) is 1.82. The Hall–Kier alpha value is -0.170. The molecule has 0 amide bonds. The Kier molecular flexibility index (Phi) is 8.83. The van der Waals surface area contributed by atoms with Crippen molar-refractivity contribution < 1.29 is 0 Å². The average molecular weight is 270 g/mol. The third-order valence-corrected chi connectivity index (χ3v) is 2.22. The highest BCUT2D eigenvalue weighted by atomic mass is 32.1. The van der Waals surface area contributed by atoms with Crippen LogP contribution in [0.3, 0.4) is 0 Å². The first-order valence-electron chi connectivity index (χ1n) is 5.10. The van der Waals surface area contributed by atoms with Gasteiger partial charge in [-0.05, 0) is 40.0 Å². The normalized spacial score (nSPS) is 12.1. The van der Waals surface area contributed by atoms with Gasteiger partial charge in [-0.15, -0.1) is 34.5 Å². The van der Waals surface area contributed by atoms with Crippen LogP contribution in [0.25, 0.3) is 12.2 Å². The van der Waals surface area contributed by atoms with Crippen molar-refractivity contribution in [1.29, 1.82) is 0 Å². The molecule has 88 valence electrons. The van der Waals surface area contributed by atoms with Crippen LogP contribution >= 0.6 is 34.5 Å². The lowest BCUT2D eigenvalue weighted by molar-refractivity contribution is 1.27. The molecule has 0 aliphatic heterocycles. The minimum absolute atomic E-state index is 0.759. The summed E-state index contributed by atoms with van der Waals surface area (Å²) in [6.07, 6.45) is 5.14. The summed E-state index contributed by atoms with van der Waals surface area (Å²) in [6.45, 7) is 7.79. The van der Waals surface area contributed by atoms with Crippen LogP contribution in [0.1, 0.15) is 13.3 Å². The lowest BCUT2D eigenvalue weighted by Gasteiger charge is -1.94. The van der Waals surface area contributed by atoms with Crippen LogP contribution in [0.5, 0.6) is 0 Å². The highest BCUT2D eigenvalue weighted by molar-refractivity contribution is 7.85. The standard InChI is InChI=1S/C12H14S2.CH5P/c1-3-4-10-5-6-12(14)8-11(10)7-9(2)13;1-2/h4-8,13-14H,2-3H2,1H3;2H2,1H3/b10-4-,11-7-;. The van der Waals surface area contributed by atoms with Gasteiger partial charge in [0.2, 0.25) is 0 Å². The van der Waals surface area contributed by atoms with Crippen molar-refractivity contribution >= 4 is 46.6 Å². The Labute approximate surface area is 112 Å². The van der Waals surface area contributed by atoms with Crippen LogP contribution < -0.4 is 10.4 Å². The van der Waals surface area contributed by atoms with Crippen LogP contribution in [0.2, 0.25) is 0 Å². The van der Waals surface area contributed by atoms with E-state index in [-0.39, 0.29) is 0 Å². The smallest absolute Gasteiger partial charge is 0.00463 e. The van der Waals surface area contributed by atoms with Crippen LogP contribution in [0.4, 0.5) is 0 Å². The minimum Gasteiger partial charge on any atom is -0.144 e. The maximum Gasteiger partial charge on any atom is 0.00463 e. The Balaban J connectivity index is 0.00000106. The molecule has 1 aromatic carbocycles. The lowest BCUT2D eigenvalue weighted by Crippen LogP contribution is -2.23. The highest BCUT2D eigenvalue weighted by Gasteiger charge is 1.88. The van der Waals surface area contributed by atoms with Gasteiger partial charge in [0.25, 0.3) is 0 Å². The van der Waals surface area contributed by atoms with E-state index in [1.807, 2.05) is 24.9 Å². The summed E-state index contributed by atoms with van der Waals surface area (Å²) in [4.78, 5) is 1.72. The van der Waals surface area contributed by atoms with Crippen molar-refractivity contribution in [2.24, 2.45) is 0 Å². The Morgan fingerprint density at radius 3 is 2.50 bits per heavy atom. The third kappa shape index (κ3) is 5.79. The van der Waals surface area contributed by atoms with Gasteiger partial charge in [-0.3, -0.25) is 0 Å². The largest absolute Gasteiger partial charge is 0.144 e. The van der Waals surface area contributed by atoms with Gasteiger partial charge in [0, 0.05) is 4.90 Å². The molecule has 3 heteroatoms. The molecule has 0 aliphatic carbocycles. The van der Waals surface area contributed by atoms with Crippen molar-refractivity contribution in [3.63, 3.8) is 0 Å². The second kappa shape index (κ2) is 8.92. The summed E-state index contributed by atoms with van der Waals surface area (Å²) in [5, 5.41) is 2.33. The molecule has 0 saturated carbocycles. The van der Waals surface area contributed by atoms with Crippen LogP contribution in [0.15, 0.2) is 34.6 Å². The fraction of sp³-hybridized carbons (Fsp3) is 0.231. The van der Waals surface area contributed by atoms with E-state index in [2.05, 4.69) is 60.1 Å². The van der Waals surface area contributed by atoms with E-state index >= 15 is 0 Å². The Bertz CT molecular complexity index is 449. The van der Waals surface area contributed by atoms with E-state index in [0.29, 0.717) is 0 Å². The number of allylic oxidation sites excluding steroid dienone is 1. The van der Waals surface area contributed by atoms with Gasteiger partial charge >= 0.3 is 0 Å². The van der Waals surface area contributed by atoms with E-state index in [9.17, 15) is 0 Å². The molecule has 0 nitrogen and oxygen atoms in total. The Morgan fingerprint density at radius 2 is 2.00 bits per heavy atom. The maximum absolute atomic E-state index is 4.30. The quantitative estimate of drug-likeness (QED) is 0.599. The van der Waals surface area contributed by atoms with E-state index in [1.165, 1.54) is 5.22 Å². The van der Waals surface area contributed by atoms with Gasteiger partial charge in [-0.1, -0.05) is 32.3 Å². The van der Waals surface area contributed by atoms with Crippen molar-refractivity contribution in [2.75, 3.05) is 6.66 Å². The van der Waals surface area contributed by atoms with Gasteiger partial charge in [-0.25, -0.2) is 0 Å². The van der Waals surface area contributed by atoms with E-state index in [0.717, 1.165) is 21.4 Å². The zero-order valence-electron chi connectivity index (χ0n) is 9.77. The molecule has 0 aromatic heterocycles. The SMILES string of the molecule is C=C(S)/C=c1/cc(S)cc/c1=C/CC.CP. The van der Waals surface area contributed by atoms with Gasteiger partial charge in [-0.2, -0.15) is 0 Å². The molecule has 1 aromatic rings. The van der Waals surface area contributed by atoms with Gasteiger partial charge in [0.05, 0.1) is 0 Å². The molecule has 1 rings (SSSR count). The second-order valence-electron chi connectivity index (χ2n) is 3.06. The summed E-state index contributed by atoms with van der Waals surface area (Å²) < 4.78 is 0. The summed E-state index contributed by atoms with van der Waals surface area (Å²) >= 11 is 8.47. The zero-order valence-corrected chi connectivity index (χ0v) is 12.7. The summed E-state index contributed by atoms with van der Waals surface area (Å²) in [7, 11) is 2.42.